The number of sulfone groups is 1. The lowest BCUT2D eigenvalue weighted by molar-refractivity contribution is -0.138. The third-order valence-corrected chi connectivity index (χ3v) is 7.41. The molecule has 0 aromatic heterocycles. The van der Waals surface area contributed by atoms with E-state index in [0.717, 1.165) is 32.4 Å². The van der Waals surface area contributed by atoms with Gasteiger partial charge in [-0.15, -0.1) is 0 Å². The van der Waals surface area contributed by atoms with Crippen LogP contribution in [0.15, 0.2) is 58.5 Å². The van der Waals surface area contributed by atoms with E-state index in [1.165, 1.54) is 63.2 Å². The van der Waals surface area contributed by atoms with Gasteiger partial charge in [0.15, 0.2) is 4.91 Å². The molecule has 0 aliphatic heterocycles. The lowest BCUT2D eigenvalue weighted by atomic mass is 10.1. The summed E-state index contributed by atoms with van der Waals surface area (Å²) >= 11 is 0. The number of hydrogen-bond donors (Lipinski definition) is 0. The normalized spacial score (nSPS) is 12.3. The fourth-order valence-electron chi connectivity index (χ4n) is 3.51. The van der Waals surface area contributed by atoms with Gasteiger partial charge in [-0.3, -0.25) is 0 Å². The summed E-state index contributed by atoms with van der Waals surface area (Å²) in [5.74, 6) is -0.793. The summed E-state index contributed by atoms with van der Waals surface area (Å²) in [5, 5.41) is 0. The molecule has 0 saturated heterocycles. The summed E-state index contributed by atoms with van der Waals surface area (Å²) in [6.07, 6.45) is 16.6. The molecule has 0 spiro atoms. The number of allylic oxidation sites excluding steroid dienone is 2. The second-order valence-electron chi connectivity index (χ2n) is 8.23. The molecule has 5 nitrogen and oxygen atoms in total. The third-order valence-electron chi connectivity index (χ3n) is 5.63. The fraction of sp³-hybridized carbons (Fsp3) is 0.593. The molecular formula is C27H43NO4S. The van der Waals surface area contributed by atoms with Crippen molar-refractivity contribution in [3.05, 3.63) is 53.6 Å². The lowest BCUT2D eigenvalue weighted by Crippen LogP contribution is -2.18. The number of benzene rings is 1. The Morgan fingerprint density at radius 3 is 1.94 bits per heavy atom. The molecule has 0 bridgehead atoms. The van der Waals surface area contributed by atoms with E-state index in [4.69, 9.17) is 4.74 Å². The minimum atomic E-state index is -3.96. The zero-order chi connectivity index (χ0) is 24.4. The molecule has 0 N–H and O–H groups in total. The van der Waals surface area contributed by atoms with Crippen LogP contribution in [0.1, 0.15) is 85.0 Å². The smallest absolute Gasteiger partial charge is 0.350 e. The Balaban J connectivity index is 2.61. The van der Waals surface area contributed by atoms with Gasteiger partial charge in [-0.05, 0) is 50.8 Å². The molecule has 0 radical (unpaired) electrons. The standard InChI is InChI=1S/C27H43NO4S/c1-4-7-8-9-10-11-12-13-14-18-24-32-27(29)26(22-19-23-28(5-2)6-3)33(30,31)25-20-16-15-17-21-25/h15-17,19-23H,4-14,18,24H2,1-3H3/b23-19+,26-22+. The first-order chi connectivity index (χ1) is 16.0. The van der Waals surface area contributed by atoms with Crippen LogP contribution in [0, 0.1) is 0 Å². The zero-order valence-corrected chi connectivity index (χ0v) is 21.6. The van der Waals surface area contributed by atoms with Crippen molar-refractivity contribution in [2.24, 2.45) is 0 Å². The van der Waals surface area contributed by atoms with Crippen molar-refractivity contribution < 1.29 is 17.9 Å². The molecule has 0 fully saturated rings. The molecule has 186 valence electrons. The highest BCUT2D eigenvalue weighted by atomic mass is 32.2. The number of unbranched alkanes of at least 4 members (excludes halogenated alkanes) is 9. The fourth-order valence-corrected chi connectivity index (χ4v) is 4.81. The maximum absolute atomic E-state index is 13.1. The molecule has 0 heterocycles. The van der Waals surface area contributed by atoms with Gasteiger partial charge in [-0.2, -0.15) is 0 Å². The van der Waals surface area contributed by atoms with E-state index in [1.807, 2.05) is 18.7 Å². The summed E-state index contributed by atoms with van der Waals surface area (Å²) in [5.41, 5.74) is 0. The Bertz CT molecular complexity index is 812. The van der Waals surface area contributed by atoms with Crippen LogP contribution in [0.5, 0.6) is 0 Å². The number of carbonyl (C=O) groups is 1. The van der Waals surface area contributed by atoms with E-state index in [9.17, 15) is 13.2 Å². The summed E-state index contributed by atoms with van der Waals surface area (Å²) in [7, 11) is -3.96. The molecule has 1 rings (SSSR count). The minimum Gasteiger partial charge on any atom is -0.462 e. The van der Waals surface area contributed by atoms with Crippen molar-refractivity contribution in [1.82, 2.24) is 4.90 Å². The van der Waals surface area contributed by atoms with Gasteiger partial charge in [0.2, 0.25) is 9.84 Å². The highest BCUT2D eigenvalue weighted by Crippen LogP contribution is 2.21. The molecule has 0 aliphatic rings. The molecule has 6 heteroatoms. The van der Waals surface area contributed by atoms with Crippen molar-refractivity contribution in [2.45, 2.75) is 89.9 Å². The van der Waals surface area contributed by atoms with Crippen molar-refractivity contribution in [1.29, 1.82) is 0 Å². The topological polar surface area (TPSA) is 63.7 Å². The molecule has 0 atom stereocenters. The minimum absolute atomic E-state index is 0.0865. The predicted octanol–water partition coefficient (Wildman–Crippen LogP) is 6.66. The summed E-state index contributed by atoms with van der Waals surface area (Å²) in [6, 6.07) is 8.02. The number of nitrogens with zero attached hydrogens (tertiary/aromatic N) is 1. The van der Waals surface area contributed by atoms with Crippen molar-refractivity contribution in [3.63, 3.8) is 0 Å². The van der Waals surface area contributed by atoms with Crippen LogP contribution in [0.4, 0.5) is 0 Å². The lowest BCUT2D eigenvalue weighted by Gasteiger charge is -2.14. The van der Waals surface area contributed by atoms with E-state index < -0.39 is 15.8 Å². The van der Waals surface area contributed by atoms with Gasteiger partial charge < -0.3 is 9.64 Å². The maximum Gasteiger partial charge on any atom is 0.350 e. The summed E-state index contributed by atoms with van der Waals surface area (Å²) in [4.78, 5) is 14.5. The Hall–Kier alpha value is -2.08. The van der Waals surface area contributed by atoms with Gasteiger partial charge in [-0.1, -0.05) is 82.9 Å². The van der Waals surface area contributed by atoms with Crippen LogP contribution in [0.25, 0.3) is 0 Å². The van der Waals surface area contributed by atoms with Gasteiger partial charge in [0.1, 0.15) is 0 Å². The van der Waals surface area contributed by atoms with Gasteiger partial charge in [0.25, 0.3) is 0 Å². The molecule has 0 aliphatic carbocycles. The molecule has 1 aromatic carbocycles. The average molecular weight is 478 g/mol. The largest absolute Gasteiger partial charge is 0.462 e. The first-order valence-corrected chi connectivity index (χ1v) is 14.0. The third kappa shape index (κ3) is 11.6. The molecule has 33 heavy (non-hydrogen) atoms. The molecular weight excluding hydrogens is 434 g/mol. The van der Waals surface area contributed by atoms with E-state index in [0.29, 0.717) is 0 Å². The molecule has 0 amide bonds. The zero-order valence-electron chi connectivity index (χ0n) is 20.8. The van der Waals surface area contributed by atoms with Crippen molar-refractivity contribution in [3.8, 4) is 0 Å². The van der Waals surface area contributed by atoms with E-state index >= 15 is 0 Å². The summed E-state index contributed by atoms with van der Waals surface area (Å²) < 4.78 is 31.5. The second-order valence-corrected chi connectivity index (χ2v) is 10.1. The Kier molecular flexibility index (Phi) is 15.3. The van der Waals surface area contributed by atoms with Crippen LogP contribution >= 0.6 is 0 Å². The predicted molar refractivity (Wildman–Crippen MR) is 137 cm³/mol. The first-order valence-electron chi connectivity index (χ1n) is 12.6. The van der Waals surface area contributed by atoms with Gasteiger partial charge in [0, 0.05) is 13.1 Å². The first kappa shape index (κ1) is 29.0. The average Bonchev–Trinajstić information content (AvgIpc) is 2.83. The van der Waals surface area contributed by atoms with Crippen LogP contribution < -0.4 is 0 Å². The van der Waals surface area contributed by atoms with Crippen LogP contribution in [0.2, 0.25) is 0 Å². The Morgan fingerprint density at radius 2 is 1.39 bits per heavy atom. The Labute approximate surface area is 201 Å². The molecule has 0 unspecified atom stereocenters. The van der Waals surface area contributed by atoms with Crippen LogP contribution in [-0.2, 0) is 19.4 Å². The molecule has 1 aromatic rings. The summed E-state index contributed by atoms with van der Waals surface area (Å²) in [6.45, 7) is 8.08. The van der Waals surface area contributed by atoms with Gasteiger partial charge in [0.05, 0.1) is 11.5 Å². The monoisotopic (exact) mass is 477 g/mol. The van der Waals surface area contributed by atoms with Gasteiger partial charge >= 0.3 is 5.97 Å². The van der Waals surface area contributed by atoms with E-state index in [1.54, 1.807) is 30.5 Å². The second kappa shape index (κ2) is 17.4. The maximum atomic E-state index is 13.1. The van der Waals surface area contributed by atoms with Crippen molar-refractivity contribution in [2.75, 3.05) is 19.7 Å². The SMILES string of the molecule is CCCCCCCCCCCCOC(=O)/C(=C\C=C\N(CC)CC)S(=O)(=O)c1ccccc1. The number of hydrogen-bond acceptors (Lipinski definition) is 5. The number of carbonyl (C=O) groups excluding carboxylic acids is 1. The number of esters is 1. The van der Waals surface area contributed by atoms with Crippen LogP contribution in [0.3, 0.4) is 0 Å². The quantitative estimate of drug-likeness (QED) is 0.102. The Morgan fingerprint density at radius 1 is 0.848 bits per heavy atom. The number of ether oxygens (including phenoxy) is 1. The van der Waals surface area contributed by atoms with Crippen molar-refractivity contribution >= 4 is 15.8 Å². The highest BCUT2D eigenvalue weighted by molar-refractivity contribution is 7.96. The molecule has 0 saturated carbocycles. The van der Waals surface area contributed by atoms with Gasteiger partial charge in [-0.25, -0.2) is 13.2 Å². The van der Waals surface area contributed by atoms with E-state index in [2.05, 4.69) is 6.92 Å². The van der Waals surface area contributed by atoms with Crippen LogP contribution in [-0.4, -0.2) is 39.0 Å². The highest BCUT2D eigenvalue weighted by Gasteiger charge is 2.27. The number of rotatable bonds is 18. The van der Waals surface area contributed by atoms with E-state index in [-0.39, 0.29) is 16.4 Å².